The van der Waals surface area contributed by atoms with E-state index in [2.05, 4.69) is 16.6 Å². The average Bonchev–Trinajstić information content (AvgIpc) is 2.79. The molecule has 31 heavy (non-hydrogen) atoms. The number of amides is 2. The fourth-order valence-electron chi connectivity index (χ4n) is 3.44. The molecule has 0 saturated carbocycles. The summed E-state index contributed by atoms with van der Waals surface area (Å²) in [5.74, 6) is -1.91. The number of esters is 1. The number of carbonyl (C=O) groups is 2. The monoisotopic (exact) mass is 451 g/mol. The van der Waals surface area contributed by atoms with Crippen molar-refractivity contribution in [3.63, 3.8) is 0 Å². The Balaban J connectivity index is 1.90. The number of urea groups is 1. The molecule has 1 saturated heterocycles. The molecular formula is C22H24ClF2N3O3. The highest BCUT2D eigenvalue weighted by Gasteiger charge is 2.27. The van der Waals surface area contributed by atoms with E-state index < -0.39 is 17.6 Å². The molecule has 6 nitrogen and oxygen atoms in total. The highest BCUT2D eigenvalue weighted by Crippen LogP contribution is 2.26. The van der Waals surface area contributed by atoms with Gasteiger partial charge in [-0.1, -0.05) is 24.6 Å². The quantitative estimate of drug-likeness (QED) is 0.640. The smallest absolute Gasteiger partial charge is 0.337 e. The van der Waals surface area contributed by atoms with Crippen LogP contribution in [0.3, 0.4) is 0 Å². The molecule has 0 aliphatic carbocycles. The number of halogens is 3. The number of piperazine rings is 1. The highest BCUT2D eigenvalue weighted by atomic mass is 35.5. The number of nitrogens with zero attached hydrogens (tertiary/aromatic N) is 3. The molecule has 1 aliphatic heterocycles. The van der Waals surface area contributed by atoms with Crippen molar-refractivity contribution in [1.29, 1.82) is 0 Å². The lowest BCUT2D eigenvalue weighted by atomic mass is 10.1. The molecular weight excluding hydrogens is 428 g/mol. The third-order valence-corrected chi connectivity index (χ3v) is 5.63. The van der Waals surface area contributed by atoms with Crippen molar-refractivity contribution in [1.82, 2.24) is 9.80 Å². The van der Waals surface area contributed by atoms with Gasteiger partial charge < -0.3 is 14.5 Å². The first-order chi connectivity index (χ1) is 14.8. The molecule has 166 valence electrons. The predicted octanol–water partition coefficient (Wildman–Crippen LogP) is 4.17. The first-order valence-corrected chi connectivity index (χ1v) is 10.3. The molecule has 3 rings (SSSR count). The summed E-state index contributed by atoms with van der Waals surface area (Å²) in [4.78, 5) is 30.2. The Kier molecular flexibility index (Phi) is 7.46. The lowest BCUT2D eigenvalue weighted by Crippen LogP contribution is -2.52. The molecule has 0 radical (unpaired) electrons. The maximum Gasteiger partial charge on any atom is 0.337 e. The molecule has 0 unspecified atom stereocenters. The van der Waals surface area contributed by atoms with Gasteiger partial charge >= 0.3 is 12.0 Å². The maximum atomic E-state index is 14.7. The zero-order valence-electron chi connectivity index (χ0n) is 17.4. The van der Waals surface area contributed by atoms with Gasteiger partial charge in [-0.3, -0.25) is 4.90 Å². The second-order valence-corrected chi connectivity index (χ2v) is 7.59. The minimum atomic E-state index is -0.655. The molecule has 2 amide bonds. The Morgan fingerprint density at radius 3 is 2.35 bits per heavy atom. The average molecular weight is 452 g/mol. The van der Waals surface area contributed by atoms with Crippen molar-refractivity contribution in [2.75, 3.05) is 44.7 Å². The normalized spacial score (nSPS) is 14.4. The topological polar surface area (TPSA) is 53.1 Å². The van der Waals surface area contributed by atoms with E-state index in [1.54, 1.807) is 4.90 Å². The number of methoxy groups -OCH3 is 1. The number of hydrogen-bond donors (Lipinski definition) is 0. The van der Waals surface area contributed by atoms with Crippen LogP contribution in [0, 0.1) is 11.6 Å². The molecule has 1 heterocycles. The first-order valence-electron chi connectivity index (χ1n) is 9.94. The standard InChI is InChI=1S/C22H24ClF2N3O3/c1-3-26-8-10-27(11-9-26)22(30)28(17-6-7-19(24)18(23)13-17)14-16-5-4-15(12-20(16)25)21(29)31-2/h4-7,12-13H,3,8-11,14H2,1-2H3. The SMILES string of the molecule is CCN1CCN(C(=O)N(Cc2ccc(C(=O)OC)cc2F)c2ccc(F)c(Cl)c2)CC1. The van der Waals surface area contributed by atoms with Crippen LogP contribution in [-0.4, -0.2) is 61.6 Å². The van der Waals surface area contributed by atoms with E-state index in [0.29, 0.717) is 18.8 Å². The van der Waals surface area contributed by atoms with E-state index in [1.165, 1.54) is 42.3 Å². The number of benzene rings is 2. The lowest BCUT2D eigenvalue weighted by molar-refractivity contribution is 0.0600. The van der Waals surface area contributed by atoms with Gasteiger partial charge in [0.25, 0.3) is 0 Å². The number of hydrogen-bond acceptors (Lipinski definition) is 4. The van der Waals surface area contributed by atoms with Crippen LogP contribution in [0.1, 0.15) is 22.8 Å². The summed E-state index contributed by atoms with van der Waals surface area (Å²) in [5.41, 5.74) is 0.626. The summed E-state index contributed by atoms with van der Waals surface area (Å²) in [6.45, 7) is 5.39. The Morgan fingerprint density at radius 1 is 1.06 bits per heavy atom. The van der Waals surface area contributed by atoms with Gasteiger partial charge in [-0.25, -0.2) is 18.4 Å². The van der Waals surface area contributed by atoms with Gasteiger partial charge in [-0.05, 0) is 36.9 Å². The predicted molar refractivity (Wildman–Crippen MR) is 114 cm³/mol. The molecule has 0 spiro atoms. The van der Waals surface area contributed by atoms with Crippen LogP contribution in [-0.2, 0) is 11.3 Å². The number of likely N-dealkylation sites (N-methyl/N-ethyl adjacent to an activating group) is 1. The van der Waals surface area contributed by atoms with E-state index in [0.717, 1.165) is 25.7 Å². The van der Waals surface area contributed by atoms with Crippen LogP contribution in [0.15, 0.2) is 36.4 Å². The van der Waals surface area contributed by atoms with Gasteiger partial charge in [0.05, 0.1) is 24.2 Å². The second kappa shape index (κ2) is 10.1. The third kappa shape index (κ3) is 5.32. The number of anilines is 1. The zero-order chi connectivity index (χ0) is 22.5. The number of carbonyl (C=O) groups excluding carboxylic acids is 2. The van der Waals surface area contributed by atoms with Crippen molar-refractivity contribution in [2.45, 2.75) is 13.5 Å². The van der Waals surface area contributed by atoms with E-state index in [9.17, 15) is 18.4 Å². The van der Waals surface area contributed by atoms with Crippen LogP contribution in [0.4, 0.5) is 19.3 Å². The molecule has 0 N–H and O–H groups in total. The minimum absolute atomic E-state index is 0.0714. The van der Waals surface area contributed by atoms with Crippen LogP contribution in [0.5, 0.6) is 0 Å². The second-order valence-electron chi connectivity index (χ2n) is 7.19. The summed E-state index contributed by atoms with van der Waals surface area (Å²) in [6.07, 6.45) is 0. The third-order valence-electron chi connectivity index (χ3n) is 5.34. The number of rotatable bonds is 5. The minimum Gasteiger partial charge on any atom is -0.465 e. The van der Waals surface area contributed by atoms with Crippen molar-refractivity contribution in [3.05, 3.63) is 64.2 Å². The first kappa shape index (κ1) is 23.0. The van der Waals surface area contributed by atoms with Gasteiger partial charge in [0.2, 0.25) is 0 Å². The largest absolute Gasteiger partial charge is 0.465 e. The van der Waals surface area contributed by atoms with Crippen molar-refractivity contribution < 1.29 is 23.1 Å². The van der Waals surface area contributed by atoms with Crippen LogP contribution < -0.4 is 4.90 Å². The number of ether oxygens (including phenoxy) is 1. The lowest BCUT2D eigenvalue weighted by Gasteiger charge is -2.37. The van der Waals surface area contributed by atoms with Crippen LogP contribution >= 0.6 is 11.6 Å². The molecule has 0 atom stereocenters. The summed E-state index contributed by atoms with van der Waals surface area (Å²) in [7, 11) is 1.21. The molecule has 1 fully saturated rings. The molecule has 0 bridgehead atoms. The molecule has 1 aliphatic rings. The fraction of sp³-hybridized carbons (Fsp3) is 0.364. The Labute approximate surface area is 184 Å². The van der Waals surface area contributed by atoms with E-state index in [4.69, 9.17) is 11.6 Å². The Morgan fingerprint density at radius 2 is 1.77 bits per heavy atom. The van der Waals surface area contributed by atoms with Gasteiger partial charge in [0.15, 0.2) is 0 Å². The van der Waals surface area contributed by atoms with Gasteiger partial charge in [-0.2, -0.15) is 0 Å². The van der Waals surface area contributed by atoms with E-state index >= 15 is 0 Å². The zero-order valence-corrected chi connectivity index (χ0v) is 18.2. The molecule has 2 aromatic rings. The summed E-state index contributed by atoms with van der Waals surface area (Å²) < 4.78 is 33.0. The van der Waals surface area contributed by atoms with E-state index in [-0.39, 0.29) is 28.7 Å². The molecule has 9 heteroatoms. The summed E-state index contributed by atoms with van der Waals surface area (Å²) in [6, 6.07) is 7.56. The highest BCUT2D eigenvalue weighted by molar-refractivity contribution is 6.31. The Hall–Kier alpha value is -2.71. The van der Waals surface area contributed by atoms with Gasteiger partial charge in [0, 0.05) is 37.4 Å². The summed E-state index contributed by atoms with van der Waals surface area (Å²) in [5, 5.41) is -0.132. The van der Waals surface area contributed by atoms with Crippen LogP contribution in [0.25, 0.3) is 0 Å². The van der Waals surface area contributed by atoms with Crippen LogP contribution in [0.2, 0.25) is 5.02 Å². The van der Waals surface area contributed by atoms with Crippen molar-refractivity contribution >= 4 is 29.3 Å². The molecule has 0 aromatic heterocycles. The van der Waals surface area contributed by atoms with E-state index in [1.807, 2.05) is 0 Å². The van der Waals surface area contributed by atoms with Gasteiger partial charge in [0.1, 0.15) is 11.6 Å². The molecule has 2 aromatic carbocycles. The van der Waals surface area contributed by atoms with Crippen molar-refractivity contribution in [2.24, 2.45) is 0 Å². The van der Waals surface area contributed by atoms with Crippen molar-refractivity contribution in [3.8, 4) is 0 Å². The maximum absolute atomic E-state index is 14.7. The van der Waals surface area contributed by atoms with Gasteiger partial charge in [-0.15, -0.1) is 0 Å². The Bertz CT molecular complexity index is 965. The summed E-state index contributed by atoms with van der Waals surface area (Å²) >= 11 is 5.93. The fourth-order valence-corrected chi connectivity index (χ4v) is 3.61.